The molecule has 0 aliphatic carbocycles. The third kappa shape index (κ3) is 2.32. The molecule has 14 heavy (non-hydrogen) atoms. The van der Waals surface area contributed by atoms with Crippen LogP contribution in [0.3, 0.4) is 0 Å². The SMILES string of the molecule is CC1(C)OCC([C@H](O)C(C)(C)C=O)O1. The molecule has 4 heteroatoms. The van der Waals surface area contributed by atoms with Gasteiger partial charge in [0.05, 0.1) is 12.7 Å². The Kier molecular flexibility index (Phi) is 2.99. The van der Waals surface area contributed by atoms with Crippen LogP contribution in [0.5, 0.6) is 0 Å². The molecule has 1 rings (SSSR count). The summed E-state index contributed by atoms with van der Waals surface area (Å²) in [6.07, 6.45) is -0.515. The van der Waals surface area contributed by atoms with Gasteiger partial charge < -0.3 is 19.4 Å². The average Bonchev–Trinajstić information content (AvgIpc) is 2.44. The van der Waals surface area contributed by atoms with Crippen LogP contribution in [-0.2, 0) is 14.3 Å². The Morgan fingerprint density at radius 2 is 2.14 bits per heavy atom. The van der Waals surface area contributed by atoms with Gasteiger partial charge in [0.25, 0.3) is 0 Å². The van der Waals surface area contributed by atoms with Crippen LogP contribution in [0.1, 0.15) is 27.7 Å². The molecule has 1 unspecified atom stereocenters. The summed E-state index contributed by atoms with van der Waals surface area (Å²) >= 11 is 0. The van der Waals surface area contributed by atoms with Crippen molar-refractivity contribution in [3.8, 4) is 0 Å². The molecule has 1 fully saturated rings. The van der Waals surface area contributed by atoms with E-state index in [4.69, 9.17) is 9.47 Å². The van der Waals surface area contributed by atoms with Gasteiger partial charge >= 0.3 is 0 Å². The van der Waals surface area contributed by atoms with E-state index in [1.165, 1.54) is 0 Å². The first-order chi connectivity index (χ1) is 6.28. The summed E-state index contributed by atoms with van der Waals surface area (Å²) in [5.41, 5.74) is -0.797. The number of carbonyl (C=O) groups excluding carboxylic acids is 1. The van der Waals surface area contributed by atoms with Crippen LogP contribution >= 0.6 is 0 Å². The van der Waals surface area contributed by atoms with Crippen LogP contribution in [0.25, 0.3) is 0 Å². The maximum absolute atomic E-state index is 10.7. The summed E-state index contributed by atoms with van der Waals surface area (Å²) in [6, 6.07) is 0. The first kappa shape index (κ1) is 11.6. The highest BCUT2D eigenvalue weighted by Gasteiger charge is 2.42. The van der Waals surface area contributed by atoms with Gasteiger partial charge in [0.15, 0.2) is 5.79 Å². The summed E-state index contributed by atoms with van der Waals surface area (Å²) in [4.78, 5) is 10.7. The highest BCUT2D eigenvalue weighted by atomic mass is 16.7. The number of aliphatic hydroxyl groups is 1. The molecular weight excluding hydrogens is 184 g/mol. The quantitative estimate of drug-likeness (QED) is 0.685. The van der Waals surface area contributed by atoms with E-state index in [-0.39, 0.29) is 0 Å². The van der Waals surface area contributed by atoms with Gasteiger partial charge in [-0.15, -0.1) is 0 Å². The van der Waals surface area contributed by atoms with Crippen LogP contribution in [0.15, 0.2) is 0 Å². The average molecular weight is 202 g/mol. The first-order valence-electron chi connectivity index (χ1n) is 4.75. The number of carbonyl (C=O) groups is 1. The third-order valence-corrected chi connectivity index (χ3v) is 2.45. The molecule has 0 spiro atoms. The second kappa shape index (κ2) is 3.61. The van der Waals surface area contributed by atoms with Crippen LogP contribution in [-0.4, -0.2) is 36.0 Å². The monoisotopic (exact) mass is 202 g/mol. The van der Waals surface area contributed by atoms with Gasteiger partial charge in [-0.2, -0.15) is 0 Å². The van der Waals surface area contributed by atoms with Gasteiger partial charge in [0, 0.05) is 5.41 Å². The Labute approximate surface area is 84.2 Å². The fourth-order valence-electron chi connectivity index (χ4n) is 1.42. The molecule has 0 aromatic rings. The summed E-state index contributed by atoms with van der Waals surface area (Å²) in [6.45, 7) is 7.26. The Hall–Kier alpha value is -0.450. The molecule has 0 aromatic heterocycles. The summed E-state index contributed by atoms with van der Waals surface area (Å²) in [7, 11) is 0. The lowest BCUT2D eigenvalue weighted by atomic mass is 9.85. The summed E-state index contributed by atoms with van der Waals surface area (Å²) in [5.74, 6) is -0.662. The number of aliphatic hydroxyl groups excluding tert-OH is 1. The van der Waals surface area contributed by atoms with Gasteiger partial charge in [0.1, 0.15) is 12.4 Å². The number of ether oxygens (including phenoxy) is 2. The molecule has 0 aromatic carbocycles. The zero-order chi connectivity index (χ0) is 11.0. The van der Waals surface area contributed by atoms with Gasteiger partial charge in [-0.25, -0.2) is 0 Å². The maximum Gasteiger partial charge on any atom is 0.163 e. The first-order valence-corrected chi connectivity index (χ1v) is 4.75. The van der Waals surface area contributed by atoms with Crippen molar-refractivity contribution in [1.29, 1.82) is 0 Å². The summed E-state index contributed by atoms with van der Waals surface area (Å²) in [5, 5.41) is 9.87. The molecule has 1 aliphatic heterocycles. The predicted molar refractivity (Wildman–Crippen MR) is 50.8 cm³/mol. The van der Waals surface area contributed by atoms with Crippen molar-refractivity contribution in [3.63, 3.8) is 0 Å². The maximum atomic E-state index is 10.7. The zero-order valence-corrected chi connectivity index (χ0v) is 9.11. The van der Waals surface area contributed by atoms with Gasteiger partial charge in [-0.1, -0.05) is 13.8 Å². The van der Waals surface area contributed by atoms with Crippen LogP contribution in [0.2, 0.25) is 0 Å². The van der Waals surface area contributed by atoms with E-state index in [9.17, 15) is 9.90 Å². The Balaban J connectivity index is 2.64. The Morgan fingerprint density at radius 3 is 2.50 bits per heavy atom. The van der Waals surface area contributed by atoms with Gasteiger partial charge in [0.2, 0.25) is 0 Å². The Bertz CT molecular complexity index is 222. The second-order valence-electron chi connectivity index (χ2n) is 4.75. The van der Waals surface area contributed by atoms with E-state index in [0.29, 0.717) is 6.61 Å². The third-order valence-electron chi connectivity index (χ3n) is 2.45. The molecule has 2 atom stereocenters. The molecule has 1 aliphatic rings. The van der Waals surface area contributed by atoms with E-state index in [2.05, 4.69) is 0 Å². The molecule has 0 radical (unpaired) electrons. The van der Waals surface area contributed by atoms with Crippen molar-refractivity contribution in [2.45, 2.75) is 45.7 Å². The van der Waals surface area contributed by atoms with Crippen LogP contribution in [0, 0.1) is 5.41 Å². The van der Waals surface area contributed by atoms with Crippen molar-refractivity contribution in [2.24, 2.45) is 5.41 Å². The number of aldehydes is 1. The smallest absolute Gasteiger partial charge is 0.163 e. The topological polar surface area (TPSA) is 55.8 Å². The minimum absolute atomic E-state index is 0.325. The van der Waals surface area contributed by atoms with Crippen molar-refractivity contribution in [1.82, 2.24) is 0 Å². The number of hydrogen-bond acceptors (Lipinski definition) is 4. The van der Waals surface area contributed by atoms with Crippen molar-refractivity contribution in [3.05, 3.63) is 0 Å². The lowest BCUT2D eigenvalue weighted by Crippen LogP contribution is -2.42. The molecule has 82 valence electrons. The standard InChI is InChI=1S/C10H18O4/c1-9(2,6-11)8(12)7-5-13-10(3,4)14-7/h6-8,12H,5H2,1-4H3/t7?,8-/m0/s1. The van der Waals surface area contributed by atoms with Crippen LogP contribution in [0.4, 0.5) is 0 Å². The fraction of sp³-hybridized carbons (Fsp3) is 0.900. The molecule has 0 saturated carbocycles. The molecular formula is C10H18O4. The lowest BCUT2D eigenvalue weighted by Gasteiger charge is -2.28. The molecule has 4 nitrogen and oxygen atoms in total. The highest BCUT2D eigenvalue weighted by Crippen LogP contribution is 2.30. The van der Waals surface area contributed by atoms with E-state index >= 15 is 0 Å². The molecule has 0 bridgehead atoms. The van der Waals surface area contributed by atoms with E-state index < -0.39 is 23.4 Å². The van der Waals surface area contributed by atoms with Crippen molar-refractivity contribution >= 4 is 6.29 Å². The van der Waals surface area contributed by atoms with Gasteiger partial charge in [-0.05, 0) is 13.8 Å². The fourth-order valence-corrected chi connectivity index (χ4v) is 1.42. The molecule has 1 saturated heterocycles. The summed E-state index contributed by atoms with van der Waals surface area (Å²) < 4.78 is 10.8. The molecule has 0 amide bonds. The number of hydrogen-bond donors (Lipinski definition) is 1. The number of rotatable bonds is 3. The van der Waals surface area contributed by atoms with Gasteiger partial charge in [-0.3, -0.25) is 0 Å². The normalized spacial score (nSPS) is 28.8. The van der Waals surface area contributed by atoms with Crippen molar-refractivity contribution in [2.75, 3.05) is 6.61 Å². The van der Waals surface area contributed by atoms with E-state index in [0.717, 1.165) is 6.29 Å². The van der Waals surface area contributed by atoms with Crippen molar-refractivity contribution < 1.29 is 19.4 Å². The van der Waals surface area contributed by atoms with E-state index in [1.54, 1.807) is 27.7 Å². The zero-order valence-electron chi connectivity index (χ0n) is 9.11. The van der Waals surface area contributed by atoms with Crippen LogP contribution < -0.4 is 0 Å². The second-order valence-corrected chi connectivity index (χ2v) is 4.75. The molecule has 1 heterocycles. The predicted octanol–water partition coefficient (Wildman–Crippen LogP) is 0.724. The largest absolute Gasteiger partial charge is 0.389 e. The minimum Gasteiger partial charge on any atom is -0.389 e. The highest BCUT2D eigenvalue weighted by molar-refractivity contribution is 5.59. The minimum atomic E-state index is -0.832. The molecule has 1 N–H and O–H groups in total. The lowest BCUT2D eigenvalue weighted by molar-refractivity contribution is -0.162. The Morgan fingerprint density at radius 1 is 1.57 bits per heavy atom. The van der Waals surface area contributed by atoms with E-state index in [1.807, 2.05) is 0 Å².